The van der Waals surface area contributed by atoms with E-state index in [0.717, 1.165) is 12.8 Å². The minimum absolute atomic E-state index is 0.189. The number of rotatable bonds is 7. The van der Waals surface area contributed by atoms with E-state index in [1.165, 1.54) is 23.1 Å². The predicted molar refractivity (Wildman–Crippen MR) is 96.4 cm³/mol. The van der Waals surface area contributed by atoms with Gasteiger partial charge in [0.05, 0.1) is 24.9 Å². The van der Waals surface area contributed by atoms with E-state index in [9.17, 15) is 0 Å². The van der Waals surface area contributed by atoms with Gasteiger partial charge in [-0.05, 0) is 44.7 Å². The average molecular weight is 314 g/mol. The Balaban J connectivity index is 1.95. The van der Waals surface area contributed by atoms with Gasteiger partial charge in [0.15, 0.2) is 0 Å². The molecule has 2 rings (SSSR count). The van der Waals surface area contributed by atoms with E-state index < -0.39 is 0 Å². The third kappa shape index (κ3) is 5.33. The van der Waals surface area contributed by atoms with Crippen LogP contribution < -0.4 is 0 Å². The summed E-state index contributed by atoms with van der Waals surface area (Å²) in [5.41, 5.74) is 3.63. The molecule has 1 aromatic carbocycles. The van der Waals surface area contributed by atoms with Crippen LogP contribution in [-0.4, -0.2) is 18.3 Å². The fraction of sp³-hybridized carbons (Fsp3) is 0.524. The summed E-state index contributed by atoms with van der Waals surface area (Å²) in [6, 6.07) is 10.3. The zero-order valence-corrected chi connectivity index (χ0v) is 15.0. The number of unbranched alkanes of at least 4 members (excludes halogenated alkanes) is 1. The van der Waals surface area contributed by atoms with Crippen molar-refractivity contribution in [2.75, 3.05) is 6.61 Å². The van der Waals surface area contributed by atoms with Gasteiger partial charge < -0.3 is 9.47 Å². The molecule has 0 saturated carbocycles. The molecule has 0 aliphatic carbocycles. The summed E-state index contributed by atoms with van der Waals surface area (Å²) >= 11 is 0. The molecule has 1 atom stereocenters. The first-order chi connectivity index (χ1) is 11.0. The van der Waals surface area contributed by atoms with Crippen molar-refractivity contribution in [3.8, 4) is 0 Å². The maximum Gasteiger partial charge on any atom is 0.0868 e. The van der Waals surface area contributed by atoms with Crippen LogP contribution in [0.1, 0.15) is 52.5 Å². The Morgan fingerprint density at radius 1 is 1.22 bits per heavy atom. The molecule has 1 aromatic rings. The molecule has 126 valence electrons. The van der Waals surface area contributed by atoms with Crippen molar-refractivity contribution in [3.63, 3.8) is 0 Å². The topological polar surface area (TPSA) is 18.5 Å². The monoisotopic (exact) mass is 314 g/mol. The molecule has 2 nitrogen and oxygen atoms in total. The van der Waals surface area contributed by atoms with Crippen molar-refractivity contribution >= 4 is 0 Å². The molecule has 0 saturated heterocycles. The molecule has 0 N–H and O–H groups in total. The van der Waals surface area contributed by atoms with E-state index in [0.29, 0.717) is 13.2 Å². The van der Waals surface area contributed by atoms with Gasteiger partial charge in [0.2, 0.25) is 0 Å². The minimum Gasteiger partial charge on any atom is -0.372 e. The standard InChI is InChI=1S/C21H30O2/c1-5-6-8-13-19-14-17(2)20(21(3,4)23-19)16-22-15-18-11-9-7-10-12-18/h7-13,19H,5-6,14-16H2,1-4H3/b13-8+. The van der Waals surface area contributed by atoms with Gasteiger partial charge in [0, 0.05) is 0 Å². The molecule has 23 heavy (non-hydrogen) atoms. The van der Waals surface area contributed by atoms with Gasteiger partial charge in [-0.3, -0.25) is 0 Å². The quantitative estimate of drug-likeness (QED) is 0.624. The highest BCUT2D eigenvalue weighted by molar-refractivity contribution is 5.27. The molecule has 0 amide bonds. The van der Waals surface area contributed by atoms with Crippen molar-refractivity contribution in [1.82, 2.24) is 0 Å². The molecule has 0 spiro atoms. The van der Waals surface area contributed by atoms with Crippen LogP contribution in [0.15, 0.2) is 53.6 Å². The number of hydrogen-bond acceptors (Lipinski definition) is 2. The normalized spacial score (nSPS) is 21.1. The lowest BCUT2D eigenvalue weighted by atomic mass is 9.87. The van der Waals surface area contributed by atoms with E-state index in [2.05, 4.69) is 52.0 Å². The lowest BCUT2D eigenvalue weighted by Gasteiger charge is -2.38. The zero-order chi connectivity index (χ0) is 16.7. The zero-order valence-electron chi connectivity index (χ0n) is 15.0. The second kappa shape index (κ2) is 8.47. The molecule has 0 fully saturated rings. The summed E-state index contributed by atoms with van der Waals surface area (Å²) < 4.78 is 12.2. The first-order valence-corrected chi connectivity index (χ1v) is 8.68. The predicted octanol–water partition coefficient (Wildman–Crippen LogP) is 5.44. The van der Waals surface area contributed by atoms with Crippen LogP contribution in [-0.2, 0) is 16.1 Å². The molecule has 1 heterocycles. The van der Waals surface area contributed by atoms with Gasteiger partial charge in [-0.2, -0.15) is 0 Å². The van der Waals surface area contributed by atoms with Gasteiger partial charge >= 0.3 is 0 Å². The van der Waals surface area contributed by atoms with Gasteiger partial charge in [-0.15, -0.1) is 0 Å². The van der Waals surface area contributed by atoms with E-state index in [1.54, 1.807) is 0 Å². The fourth-order valence-electron chi connectivity index (χ4n) is 3.09. The Bertz CT molecular complexity index is 540. The van der Waals surface area contributed by atoms with Crippen molar-refractivity contribution in [1.29, 1.82) is 0 Å². The molecule has 0 radical (unpaired) electrons. The molecular weight excluding hydrogens is 284 g/mol. The van der Waals surface area contributed by atoms with Crippen molar-refractivity contribution < 1.29 is 9.47 Å². The summed E-state index contributed by atoms with van der Waals surface area (Å²) in [4.78, 5) is 0. The minimum atomic E-state index is -0.264. The van der Waals surface area contributed by atoms with Crippen LogP contribution >= 0.6 is 0 Å². The van der Waals surface area contributed by atoms with Gasteiger partial charge in [0.1, 0.15) is 0 Å². The largest absolute Gasteiger partial charge is 0.372 e. The number of ether oxygens (including phenoxy) is 2. The van der Waals surface area contributed by atoms with Gasteiger partial charge in [0.25, 0.3) is 0 Å². The first kappa shape index (κ1) is 18.0. The lowest BCUT2D eigenvalue weighted by Crippen LogP contribution is -2.38. The second-order valence-electron chi connectivity index (χ2n) is 6.82. The Hall–Kier alpha value is -1.38. The van der Waals surface area contributed by atoms with Crippen molar-refractivity contribution in [2.24, 2.45) is 0 Å². The first-order valence-electron chi connectivity index (χ1n) is 8.68. The van der Waals surface area contributed by atoms with Crippen molar-refractivity contribution in [3.05, 3.63) is 59.2 Å². The molecule has 1 aliphatic heterocycles. The summed E-state index contributed by atoms with van der Waals surface area (Å²) in [6.45, 7) is 10.00. The van der Waals surface area contributed by atoms with Crippen LogP contribution in [0.4, 0.5) is 0 Å². The third-order valence-corrected chi connectivity index (χ3v) is 4.36. The number of hydrogen-bond donors (Lipinski definition) is 0. The van der Waals surface area contributed by atoms with E-state index in [1.807, 2.05) is 18.2 Å². The lowest BCUT2D eigenvalue weighted by molar-refractivity contribution is -0.0474. The maximum absolute atomic E-state index is 6.28. The van der Waals surface area contributed by atoms with Gasteiger partial charge in [-0.1, -0.05) is 61.4 Å². The summed E-state index contributed by atoms with van der Waals surface area (Å²) in [5.74, 6) is 0. The number of benzene rings is 1. The molecule has 1 aliphatic rings. The van der Waals surface area contributed by atoms with E-state index >= 15 is 0 Å². The van der Waals surface area contributed by atoms with Crippen LogP contribution in [0.25, 0.3) is 0 Å². The van der Waals surface area contributed by atoms with Crippen molar-refractivity contribution in [2.45, 2.75) is 65.3 Å². The average Bonchev–Trinajstić information content (AvgIpc) is 2.51. The maximum atomic E-state index is 6.28. The van der Waals surface area contributed by atoms with Crippen LogP contribution in [0.2, 0.25) is 0 Å². The SMILES string of the molecule is CCC/C=C/C1CC(C)=C(COCc2ccccc2)C(C)(C)O1. The Morgan fingerprint density at radius 2 is 1.96 bits per heavy atom. The number of allylic oxidation sites excluding steroid dienone is 1. The molecule has 0 bridgehead atoms. The third-order valence-electron chi connectivity index (χ3n) is 4.36. The van der Waals surface area contributed by atoms with Crippen LogP contribution in [0.3, 0.4) is 0 Å². The summed E-state index contributed by atoms with van der Waals surface area (Å²) in [7, 11) is 0. The molecule has 1 unspecified atom stereocenters. The summed E-state index contributed by atoms with van der Waals surface area (Å²) in [5, 5.41) is 0. The molecule has 0 aromatic heterocycles. The van der Waals surface area contributed by atoms with Gasteiger partial charge in [-0.25, -0.2) is 0 Å². The Labute approximate surface area is 141 Å². The highest BCUT2D eigenvalue weighted by Crippen LogP contribution is 2.34. The highest BCUT2D eigenvalue weighted by Gasteiger charge is 2.33. The Morgan fingerprint density at radius 3 is 2.61 bits per heavy atom. The summed E-state index contributed by atoms with van der Waals surface area (Å²) in [6.07, 6.45) is 7.92. The highest BCUT2D eigenvalue weighted by atomic mass is 16.5. The fourth-order valence-corrected chi connectivity index (χ4v) is 3.09. The van der Waals surface area contributed by atoms with Crippen LogP contribution in [0, 0.1) is 0 Å². The molecular formula is C21H30O2. The molecule has 2 heteroatoms. The van der Waals surface area contributed by atoms with Crippen LogP contribution in [0.5, 0.6) is 0 Å². The van der Waals surface area contributed by atoms with E-state index in [4.69, 9.17) is 9.47 Å². The van der Waals surface area contributed by atoms with E-state index in [-0.39, 0.29) is 11.7 Å². The second-order valence-corrected chi connectivity index (χ2v) is 6.82. The Kier molecular flexibility index (Phi) is 6.61. The smallest absolute Gasteiger partial charge is 0.0868 e.